The topological polar surface area (TPSA) is 60.1 Å². The number of hydrogen-bond donors (Lipinski definition) is 0. The van der Waals surface area contributed by atoms with E-state index in [9.17, 15) is 9.59 Å². The molecule has 0 atom stereocenters. The molecule has 0 saturated carbocycles. The fourth-order valence-corrected chi connectivity index (χ4v) is 5.30. The number of hydrogen-bond acceptors (Lipinski definition) is 4. The number of imidazole rings is 1. The molecule has 0 aliphatic carbocycles. The van der Waals surface area contributed by atoms with Crippen molar-refractivity contribution in [2.75, 3.05) is 4.90 Å². The number of nitrogens with zero attached hydrogens (tertiary/aromatic N) is 4. The predicted octanol–water partition coefficient (Wildman–Crippen LogP) is 5.32. The molecule has 5 aromatic rings. The van der Waals surface area contributed by atoms with Crippen LogP contribution in [0, 0.1) is 13.8 Å². The first-order valence-corrected chi connectivity index (χ1v) is 11.6. The van der Waals surface area contributed by atoms with Gasteiger partial charge in [-0.2, -0.15) is 0 Å². The Morgan fingerprint density at radius 2 is 1.64 bits per heavy atom. The summed E-state index contributed by atoms with van der Waals surface area (Å²) < 4.78 is 4.32. The molecule has 0 spiro atoms. The number of anilines is 2. The van der Waals surface area contributed by atoms with Crippen LogP contribution >= 0.6 is 11.3 Å². The number of benzene rings is 3. The standard InChI is InChI=1S/C26H24N4O2S/c1-17-14-18(2)16-19(15-17)30(25-27-20-8-4-7-11-23(20)33-25)24(31)12-13-29-22-10-6-5-9-21(22)28(3)26(29)32/h4-11,14-16H,12-13H2,1-3H3. The van der Waals surface area contributed by atoms with Crippen molar-refractivity contribution < 1.29 is 4.79 Å². The van der Waals surface area contributed by atoms with Gasteiger partial charge in [0.25, 0.3) is 0 Å². The molecular weight excluding hydrogens is 432 g/mol. The van der Waals surface area contributed by atoms with E-state index in [4.69, 9.17) is 4.98 Å². The highest BCUT2D eigenvalue weighted by molar-refractivity contribution is 7.22. The van der Waals surface area contributed by atoms with Gasteiger partial charge in [0.2, 0.25) is 5.91 Å². The fourth-order valence-electron chi connectivity index (χ4n) is 4.30. The summed E-state index contributed by atoms with van der Waals surface area (Å²) >= 11 is 1.49. The summed E-state index contributed by atoms with van der Waals surface area (Å²) in [5, 5.41) is 0.636. The van der Waals surface area contributed by atoms with Crippen molar-refractivity contribution in [3.63, 3.8) is 0 Å². The van der Waals surface area contributed by atoms with Crippen LogP contribution in [0.25, 0.3) is 21.3 Å². The molecule has 0 saturated heterocycles. The van der Waals surface area contributed by atoms with E-state index in [1.165, 1.54) is 11.3 Å². The molecule has 0 aliphatic heterocycles. The van der Waals surface area contributed by atoms with Gasteiger partial charge < -0.3 is 0 Å². The van der Waals surface area contributed by atoms with Gasteiger partial charge in [-0.25, -0.2) is 9.78 Å². The molecule has 0 unspecified atom stereocenters. The zero-order chi connectivity index (χ0) is 23.1. The summed E-state index contributed by atoms with van der Waals surface area (Å²) in [7, 11) is 1.76. The maximum atomic E-state index is 13.6. The second kappa shape index (κ2) is 8.33. The normalized spacial score (nSPS) is 11.4. The van der Waals surface area contributed by atoms with Crippen molar-refractivity contribution in [3.05, 3.63) is 88.3 Å². The lowest BCUT2D eigenvalue weighted by molar-refractivity contribution is -0.118. The molecule has 0 N–H and O–H groups in total. The SMILES string of the molecule is Cc1cc(C)cc(N(C(=O)CCn2c(=O)n(C)c3ccccc32)c2nc3ccccc3s2)c1. The van der Waals surface area contributed by atoms with Crippen LogP contribution in [0.5, 0.6) is 0 Å². The maximum Gasteiger partial charge on any atom is 0.328 e. The Kier molecular flexibility index (Phi) is 5.34. The van der Waals surface area contributed by atoms with Gasteiger partial charge in [-0.1, -0.05) is 41.7 Å². The van der Waals surface area contributed by atoms with Crippen molar-refractivity contribution in [2.24, 2.45) is 7.05 Å². The molecule has 6 nitrogen and oxygen atoms in total. The van der Waals surface area contributed by atoms with E-state index < -0.39 is 0 Å². The van der Waals surface area contributed by atoms with Gasteiger partial charge in [0.1, 0.15) is 0 Å². The Balaban J connectivity index is 1.53. The first-order valence-electron chi connectivity index (χ1n) is 10.8. The monoisotopic (exact) mass is 456 g/mol. The molecule has 7 heteroatoms. The molecule has 33 heavy (non-hydrogen) atoms. The molecule has 2 aromatic heterocycles. The van der Waals surface area contributed by atoms with Crippen LogP contribution in [0.4, 0.5) is 10.8 Å². The maximum absolute atomic E-state index is 13.6. The van der Waals surface area contributed by atoms with E-state index >= 15 is 0 Å². The lowest BCUT2D eigenvalue weighted by Gasteiger charge is -2.21. The second-order valence-corrected chi connectivity index (χ2v) is 9.28. The molecule has 0 bridgehead atoms. The molecule has 5 rings (SSSR count). The zero-order valence-electron chi connectivity index (χ0n) is 18.8. The van der Waals surface area contributed by atoms with Crippen molar-refractivity contribution in [1.29, 1.82) is 0 Å². The number of aromatic nitrogens is 3. The van der Waals surface area contributed by atoms with E-state index in [0.717, 1.165) is 38.1 Å². The zero-order valence-corrected chi connectivity index (χ0v) is 19.6. The number of aryl methyl sites for hydroxylation is 4. The first kappa shape index (κ1) is 21.2. The Morgan fingerprint density at radius 3 is 2.36 bits per heavy atom. The van der Waals surface area contributed by atoms with Crippen LogP contribution in [0.15, 0.2) is 71.5 Å². The summed E-state index contributed by atoms with van der Waals surface area (Å²) in [6, 6.07) is 21.6. The highest BCUT2D eigenvalue weighted by Crippen LogP contribution is 2.34. The number of para-hydroxylation sites is 3. The van der Waals surface area contributed by atoms with Gasteiger partial charge in [0, 0.05) is 20.0 Å². The molecule has 2 heterocycles. The van der Waals surface area contributed by atoms with Crippen LogP contribution in [-0.4, -0.2) is 20.0 Å². The Hall–Kier alpha value is -3.71. The van der Waals surface area contributed by atoms with E-state index in [2.05, 4.69) is 6.07 Å². The minimum absolute atomic E-state index is 0.0982. The summed E-state index contributed by atoms with van der Waals surface area (Å²) in [6.45, 7) is 4.34. The second-order valence-electron chi connectivity index (χ2n) is 8.27. The highest BCUT2D eigenvalue weighted by Gasteiger charge is 2.23. The Labute approximate surface area is 195 Å². The third kappa shape index (κ3) is 3.85. The average molecular weight is 457 g/mol. The number of fused-ring (bicyclic) bond motifs is 2. The van der Waals surface area contributed by atoms with E-state index in [0.29, 0.717) is 11.7 Å². The van der Waals surface area contributed by atoms with Crippen molar-refractivity contribution in [1.82, 2.24) is 14.1 Å². The number of carbonyl (C=O) groups excluding carboxylic acids is 1. The summed E-state index contributed by atoms with van der Waals surface area (Å²) in [5.74, 6) is -0.0982. The van der Waals surface area contributed by atoms with Gasteiger partial charge in [-0.05, 0) is 61.4 Å². The number of carbonyl (C=O) groups is 1. The number of rotatable bonds is 5. The van der Waals surface area contributed by atoms with E-state index in [1.54, 1.807) is 21.1 Å². The van der Waals surface area contributed by atoms with Crippen LogP contribution in [-0.2, 0) is 18.4 Å². The van der Waals surface area contributed by atoms with Crippen molar-refractivity contribution in [3.8, 4) is 0 Å². The van der Waals surface area contributed by atoms with E-state index in [1.807, 2.05) is 74.5 Å². The lowest BCUT2D eigenvalue weighted by Crippen LogP contribution is -2.29. The van der Waals surface area contributed by atoms with E-state index in [-0.39, 0.29) is 18.0 Å². The quantitative estimate of drug-likeness (QED) is 0.360. The molecule has 0 fully saturated rings. The molecule has 3 aromatic carbocycles. The van der Waals surface area contributed by atoms with Gasteiger partial charge >= 0.3 is 5.69 Å². The molecular formula is C26H24N4O2S. The number of thiazole rings is 1. The summed E-state index contributed by atoms with van der Waals surface area (Å²) in [6.07, 6.45) is 0.177. The van der Waals surface area contributed by atoms with Crippen molar-refractivity contribution >= 4 is 49.3 Å². The van der Waals surface area contributed by atoms with Gasteiger partial charge in [-0.3, -0.25) is 18.8 Å². The highest BCUT2D eigenvalue weighted by atomic mass is 32.1. The fraction of sp³-hybridized carbons (Fsp3) is 0.192. The van der Waals surface area contributed by atoms with Gasteiger partial charge in [0.15, 0.2) is 5.13 Å². The van der Waals surface area contributed by atoms with Gasteiger partial charge in [0.05, 0.1) is 26.9 Å². The third-order valence-corrected chi connectivity index (χ3v) is 6.81. The third-order valence-electron chi connectivity index (χ3n) is 5.79. The molecule has 1 amide bonds. The Morgan fingerprint density at radius 1 is 0.970 bits per heavy atom. The predicted molar refractivity (Wildman–Crippen MR) is 134 cm³/mol. The summed E-state index contributed by atoms with van der Waals surface area (Å²) in [5.41, 5.74) is 5.38. The van der Waals surface area contributed by atoms with Crippen LogP contribution in [0.3, 0.4) is 0 Å². The van der Waals surface area contributed by atoms with Crippen LogP contribution in [0.2, 0.25) is 0 Å². The minimum Gasteiger partial charge on any atom is -0.295 e. The summed E-state index contributed by atoms with van der Waals surface area (Å²) in [4.78, 5) is 32.9. The van der Waals surface area contributed by atoms with Crippen LogP contribution < -0.4 is 10.6 Å². The number of amides is 1. The molecule has 166 valence electrons. The minimum atomic E-state index is -0.123. The molecule has 0 radical (unpaired) electrons. The average Bonchev–Trinajstić information content (AvgIpc) is 3.31. The molecule has 0 aliphatic rings. The Bertz CT molecular complexity index is 1510. The van der Waals surface area contributed by atoms with Crippen molar-refractivity contribution in [2.45, 2.75) is 26.8 Å². The lowest BCUT2D eigenvalue weighted by atomic mass is 10.1. The largest absolute Gasteiger partial charge is 0.328 e. The smallest absolute Gasteiger partial charge is 0.295 e. The van der Waals surface area contributed by atoms with Crippen LogP contribution in [0.1, 0.15) is 17.5 Å². The van der Waals surface area contributed by atoms with Gasteiger partial charge in [-0.15, -0.1) is 0 Å². The first-order chi connectivity index (χ1) is 15.9.